The maximum Gasteiger partial charge on any atom is 0.274 e. The van der Waals surface area contributed by atoms with Crippen molar-refractivity contribution in [3.05, 3.63) is 113 Å². The van der Waals surface area contributed by atoms with Gasteiger partial charge >= 0.3 is 0 Å². The molecule has 2 aromatic heterocycles. The van der Waals surface area contributed by atoms with Crippen LogP contribution in [0.25, 0.3) is 5.69 Å². The number of likely N-dealkylation sites (tertiary alicyclic amines) is 2. The van der Waals surface area contributed by atoms with E-state index >= 15 is 0 Å². The van der Waals surface area contributed by atoms with Gasteiger partial charge in [-0.1, -0.05) is 55.0 Å². The molecule has 2 aliphatic heterocycles. The minimum Gasteiger partial charge on any atom is -0.337 e. The summed E-state index contributed by atoms with van der Waals surface area (Å²) in [5.41, 5.74) is 6.62. The number of Topliss-reactive ketones (excluding diaryl/α,β-unsaturated/α-hetero) is 1. The van der Waals surface area contributed by atoms with E-state index in [1.165, 1.54) is 32.4 Å². The van der Waals surface area contributed by atoms with E-state index < -0.39 is 0 Å². The predicted octanol–water partition coefficient (Wildman–Crippen LogP) is 6.00. The fourth-order valence-corrected chi connectivity index (χ4v) is 6.74. The zero-order chi connectivity index (χ0) is 30.3. The van der Waals surface area contributed by atoms with Crippen LogP contribution in [-0.2, 0) is 24.1 Å². The molecular weight excluding hydrogens is 546 g/mol. The van der Waals surface area contributed by atoms with Crippen molar-refractivity contribution in [1.29, 1.82) is 0 Å². The molecule has 0 N–H and O–H groups in total. The maximum atomic E-state index is 14.0. The van der Waals surface area contributed by atoms with Crippen molar-refractivity contribution in [2.24, 2.45) is 0 Å². The molecule has 2 aliphatic rings. The van der Waals surface area contributed by atoms with E-state index in [0.717, 1.165) is 59.6 Å². The molecule has 2 fully saturated rings. The fraction of sp³-hybridized carbons (Fsp3) is 0.405. The van der Waals surface area contributed by atoms with Crippen LogP contribution in [0.3, 0.4) is 0 Å². The summed E-state index contributed by atoms with van der Waals surface area (Å²) in [5.74, 6) is 0.240. The van der Waals surface area contributed by atoms with E-state index in [2.05, 4.69) is 28.9 Å². The van der Waals surface area contributed by atoms with E-state index in [1.807, 2.05) is 70.4 Å². The molecule has 44 heavy (non-hydrogen) atoms. The number of amides is 1. The van der Waals surface area contributed by atoms with Crippen molar-refractivity contribution < 1.29 is 9.59 Å². The first-order chi connectivity index (χ1) is 21.5. The number of hydrogen-bond donors (Lipinski definition) is 0. The molecule has 0 unspecified atom stereocenters. The lowest BCUT2D eigenvalue weighted by Crippen LogP contribution is -2.48. The number of carbonyl (C=O) groups is 2. The first-order valence-electron chi connectivity index (χ1n) is 16.2. The van der Waals surface area contributed by atoms with Gasteiger partial charge in [0.1, 0.15) is 5.78 Å². The zero-order valence-corrected chi connectivity index (χ0v) is 25.8. The molecule has 2 saturated heterocycles. The van der Waals surface area contributed by atoms with Crippen LogP contribution in [0.5, 0.6) is 0 Å². The quantitative estimate of drug-likeness (QED) is 0.227. The molecule has 7 heteroatoms. The van der Waals surface area contributed by atoms with E-state index in [1.54, 1.807) is 6.20 Å². The SMILES string of the molecule is Cc1c(Cc2ccccc2)c(C(=O)N2CCC(N3CCCCC3)CC2)nn1-c1ccc(CC(=O)CCc2cccnc2)cc1. The molecular formula is C37H43N5O2. The number of hydrogen-bond acceptors (Lipinski definition) is 5. The van der Waals surface area contributed by atoms with Crippen LogP contribution in [0.2, 0.25) is 0 Å². The summed E-state index contributed by atoms with van der Waals surface area (Å²) >= 11 is 0. The molecule has 2 aromatic carbocycles. The van der Waals surface area contributed by atoms with Gasteiger partial charge in [0, 0.05) is 62.0 Å². The smallest absolute Gasteiger partial charge is 0.274 e. The highest BCUT2D eigenvalue weighted by atomic mass is 16.2. The standard InChI is InChI=1S/C37H43N5O2/c1-28-35(26-29-9-4-2-5-10-29)36(37(44)41-23-18-32(19-24-41)40-21-6-3-7-22-40)39-42(28)33-15-12-30(13-16-33)25-34(43)17-14-31-11-8-20-38-27-31/h2,4-5,8-13,15-16,20,27,32H,3,6-7,14,17-19,21-26H2,1H3. The summed E-state index contributed by atoms with van der Waals surface area (Å²) < 4.78 is 1.90. The topological polar surface area (TPSA) is 71.3 Å². The Hall–Kier alpha value is -4.10. The summed E-state index contributed by atoms with van der Waals surface area (Å²) in [6.07, 6.45) is 11.8. The minimum atomic E-state index is 0.0331. The Kier molecular flexibility index (Phi) is 9.61. The minimum absolute atomic E-state index is 0.0331. The Balaban J connectivity index is 1.17. The van der Waals surface area contributed by atoms with Crippen molar-refractivity contribution in [2.75, 3.05) is 26.2 Å². The number of aryl methyl sites for hydroxylation is 1. The van der Waals surface area contributed by atoms with Gasteiger partial charge in [-0.25, -0.2) is 4.68 Å². The first-order valence-corrected chi connectivity index (χ1v) is 16.2. The number of nitrogens with zero attached hydrogens (tertiary/aromatic N) is 5. The number of aromatic nitrogens is 3. The molecule has 0 spiro atoms. The second-order valence-corrected chi connectivity index (χ2v) is 12.3. The zero-order valence-electron chi connectivity index (χ0n) is 25.8. The summed E-state index contributed by atoms with van der Waals surface area (Å²) in [4.78, 5) is 35.5. The van der Waals surface area contributed by atoms with Gasteiger partial charge in [-0.2, -0.15) is 5.10 Å². The summed E-state index contributed by atoms with van der Waals surface area (Å²) in [6, 6.07) is 22.8. The van der Waals surface area contributed by atoms with Crippen molar-refractivity contribution >= 4 is 11.7 Å². The highest BCUT2D eigenvalue weighted by Crippen LogP contribution is 2.26. The summed E-state index contributed by atoms with van der Waals surface area (Å²) in [5, 5.41) is 4.96. The van der Waals surface area contributed by atoms with Gasteiger partial charge in [0.15, 0.2) is 5.69 Å². The van der Waals surface area contributed by atoms with Crippen molar-refractivity contribution in [1.82, 2.24) is 24.6 Å². The number of ketones is 1. The van der Waals surface area contributed by atoms with E-state index in [0.29, 0.717) is 37.4 Å². The van der Waals surface area contributed by atoms with Gasteiger partial charge in [0.25, 0.3) is 5.91 Å². The lowest BCUT2D eigenvalue weighted by molar-refractivity contribution is -0.118. The molecule has 0 aliphatic carbocycles. The molecule has 0 bridgehead atoms. The van der Waals surface area contributed by atoms with Gasteiger partial charge in [-0.3, -0.25) is 14.6 Å². The van der Waals surface area contributed by atoms with Gasteiger partial charge in [-0.15, -0.1) is 0 Å². The monoisotopic (exact) mass is 589 g/mol. The third kappa shape index (κ3) is 7.16. The lowest BCUT2D eigenvalue weighted by Gasteiger charge is -2.40. The van der Waals surface area contributed by atoms with Crippen LogP contribution in [0, 0.1) is 6.92 Å². The Labute approximate surface area is 260 Å². The van der Waals surface area contributed by atoms with Crippen LogP contribution < -0.4 is 0 Å². The Morgan fingerprint density at radius 3 is 2.25 bits per heavy atom. The average molecular weight is 590 g/mol. The lowest BCUT2D eigenvalue weighted by atomic mass is 9.98. The second kappa shape index (κ2) is 14.1. The van der Waals surface area contributed by atoms with Crippen molar-refractivity contribution in [3.8, 4) is 5.69 Å². The Bertz CT molecular complexity index is 1530. The van der Waals surface area contributed by atoms with Gasteiger partial charge in [0.2, 0.25) is 0 Å². The molecule has 228 valence electrons. The van der Waals surface area contributed by atoms with E-state index in [9.17, 15) is 9.59 Å². The van der Waals surface area contributed by atoms with Crippen LogP contribution in [0.15, 0.2) is 79.1 Å². The third-order valence-corrected chi connectivity index (χ3v) is 9.32. The third-order valence-electron chi connectivity index (χ3n) is 9.32. The van der Waals surface area contributed by atoms with Crippen molar-refractivity contribution in [2.45, 2.75) is 70.8 Å². The van der Waals surface area contributed by atoms with E-state index in [-0.39, 0.29) is 11.7 Å². The van der Waals surface area contributed by atoms with Gasteiger partial charge in [0.05, 0.1) is 5.69 Å². The number of carbonyl (C=O) groups excluding carboxylic acids is 2. The second-order valence-electron chi connectivity index (χ2n) is 12.3. The van der Waals surface area contributed by atoms with Crippen LogP contribution >= 0.6 is 0 Å². The highest BCUT2D eigenvalue weighted by molar-refractivity contribution is 5.94. The number of benzene rings is 2. The van der Waals surface area contributed by atoms with Crippen LogP contribution in [0.1, 0.15) is 77.0 Å². The number of piperidine rings is 2. The van der Waals surface area contributed by atoms with Crippen LogP contribution in [0.4, 0.5) is 0 Å². The normalized spacial score (nSPS) is 16.2. The fourth-order valence-electron chi connectivity index (χ4n) is 6.74. The Morgan fingerprint density at radius 1 is 0.818 bits per heavy atom. The Morgan fingerprint density at radius 2 is 1.55 bits per heavy atom. The molecule has 0 radical (unpaired) electrons. The largest absolute Gasteiger partial charge is 0.337 e. The first kappa shape index (κ1) is 29.9. The number of pyridine rings is 1. The molecule has 4 aromatic rings. The van der Waals surface area contributed by atoms with Gasteiger partial charge < -0.3 is 9.80 Å². The van der Waals surface area contributed by atoms with Crippen LogP contribution in [-0.4, -0.2) is 68.5 Å². The molecule has 0 atom stereocenters. The molecule has 0 saturated carbocycles. The van der Waals surface area contributed by atoms with Gasteiger partial charge in [-0.05, 0) is 87.0 Å². The molecule has 6 rings (SSSR count). The van der Waals surface area contributed by atoms with E-state index in [4.69, 9.17) is 5.10 Å². The summed E-state index contributed by atoms with van der Waals surface area (Å²) in [7, 11) is 0. The maximum absolute atomic E-state index is 14.0. The molecule has 7 nitrogen and oxygen atoms in total. The molecule has 1 amide bonds. The summed E-state index contributed by atoms with van der Waals surface area (Å²) in [6.45, 7) is 6.00. The average Bonchev–Trinajstić information content (AvgIpc) is 3.40. The molecule has 4 heterocycles. The highest BCUT2D eigenvalue weighted by Gasteiger charge is 2.31. The predicted molar refractivity (Wildman–Crippen MR) is 173 cm³/mol. The number of rotatable bonds is 10. The van der Waals surface area contributed by atoms with Crippen molar-refractivity contribution in [3.63, 3.8) is 0 Å².